The van der Waals surface area contributed by atoms with Crippen molar-refractivity contribution in [1.29, 1.82) is 0 Å². The molecule has 0 aliphatic carbocycles. The molecular weight excluding hydrogens is 276 g/mol. The lowest BCUT2D eigenvalue weighted by Gasteiger charge is -2.00. The molecule has 0 aliphatic rings. The molecule has 0 saturated carbocycles. The van der Waals surface area contributed by atoms with Crippen molar-refractivity contribution in [2.24, 2.45) is 0 Å². The zero-order chi connectivity index (χ0) is 15.6. The van der Waals surface area contributed by atoms with Gasteiger partial charge in [-0.3, -0.25) is 0 Å². The number of benzene rings is 1. The second kappa shape index (κ2) is 9.23. The molecule has 1 aromatic heterocycles. The normalized spacial score (nSPS) is 11.0. The van der Waals surface area contributed by atoms with E-state index < -0.39 is 0 Å². The maximum Gasteiger partial charge on any atom is 0.247 e. The van der Waals surface area contributed by atoms with Crippen molar-refractivity contribution in [3.63, 3.8) is 0 Å². The van der Waals surface area contributed by atoms with E-state index in [1.54, 1.807) is 24.3 Å². The zero-order valence-corrected chi connectivity index (χ0v) is 13.4. The van der Waals surface area contributed by atoms with Crippen LogP contribution >= 0.6 is 0 Å². The number of hydrogen-bond acceptors (Lipinski definition) is 4. The fourth-order valence-corrected chi connectivity index (χ4v) is 2.49. The lowest BCUT2D eigenvalue weighted by molar-refractivity contribution is 0.474. The van der Waals surface area contributed by atoms with Crippen molar-refractivity contribution in [2.45, 2.75) is 64.7 Å². The number of phenols is 1. The topological polar surface area (TPSA) is 59.2 Å². The molecule has 0 aliphatic heterocycles. The van der Waals surface area contributed by atoms with Gasteiger partial charge in [-0.1, -0.05) is 51.9 Å². The minimum Gasteiger partial charge on any atom is -0.508 e. The molecule has 4 nitrogen and oxygen atoms in total. The maximum absolute atomic E-state index is 9.28. The summed E-state index contributed by atoms with van der Waals surface area (Å²) in [7, 11) is 0. The molecule has 0 amide bonds. The predicted octanol–water partition coefficient (Wildman–Crippen LogP) is 5.13. The van der Waals surface area contributed by atoms with Gasteiger partial charge in [-0.15, -0.1) is 10.2 Å². The summed E-state index contributed by atoms with van der Waals surface area (Å²) in [5.74, 6) is 1.46. The van der Waals surface area contributed by atoms with Crippen molar-refractivity contribution in [2.75, 3.05) is 0 Å². The SMILES string of the molecule is CCCCCCCCCCc1nnc(-c2ccc(O)cc2)o1. The predicted molar refractivity (Wildman–Crippen MR) is 87.7 cm³/mol. The quantitative estimate of drug-likeness (QED) is 0.618. The Bertz CT molecular complexity index is 534. The van der Waals surface area contributed by atoms with E-state index >= 15 is 0 Å². The third-order valence-corrected chi connectivity index (χ3v) is 3.83. The van der Waals surface area contributed by atoms with Crippen LogP contribution in [-0.4, -0.2) is 15.3 Å². The van der Waals surface area contributed by atoms with Gasteiger partial charge >= 0.3 is 0 Å². The number of hydrogen-bond donors (Lipinski definition) is 1. The molecule has 22 heavy (non-hydrogen) atoms. The number of unbranched alkanes of at least 4 members (excludes halogenated alkanes) is 7. The first-order chi connectivity index (χ1) is 10.8. The van der Waals surface area contributed by atoms with Gasteiger partial charge in [0, 0.05) is 12.0 Å². The molecule has 2 rings (SSSR count). The summed E-state index contributed by atoms with van der Waals surface area (Å²) in [6, 6.07) is 6.81. The van der Waals surface area contributed by atoms with Crippen LogP contribution in [-0.2, 0) is 6.42 Å². The fraction of sp³-hybridized carbons (Fsp3) is 0.556. The maximum atomic E-state index is 9.28. The highest BCUT2D eigenvalue weighted by Crippen LogP contribution is 2.21. The third-order valence-electron chi connectivity index (χ3n) is 3.83. The first kappa shape index (κ1) is 16.5. The lowest BCUT2D eigenvalue weighted by Crippen LogP contribution is -1.86. The van der Waals surface area contributed by atoms with Gasteiger partial charge < -0.3 is 9.52 Å². The van der Waals surface area contributed by atoms with Crippen LogP contribution in [0.1, 0.15) is 64.2 Å². The summed E-state index contributed by atoms with van der Waals surface area (Å²) in [5.41, 5.74) is 0.840. The fourth-order valence-electron chi connectivity index (χ4n) is 2.49. The Hall–Kier alpha value is -1.84. The van der Waals surface area contributed by atoms with Crippen LogP contribution in [0.2, 0.25) is 0 Å². The molecule has 0 atom stereocenters. The van der Waals surface area contributed by atoms with E-state index in [0.29, 0.717) is 11.8 Å². The number of rotatable bonds is 10. The van der Waals surface area contributed by atoms with E-state index in [9.17, 15) is 5.11 Å². The summed E-state index contributed by atoms with van der Waals surface area (Å²) < 4.78 is 5.67. The van der Waals surface area contributed by atoms with E-state index in [2.05, 4.69) is 17.1 Å². The monoisotopic (exact) mass is 302 g/mol. The number of aromatic hydroxyl groups is 1. The van der Waals surface area contributed by atoms with Gasteiger partial charge in [-0.2, -0.15) is 0 Å². The van der Waals surface area contributed by atoms with E-state index in [4.69, 9.17) is 4.42 Å². The molecule has 0 bridgehead atoms. The van der Waals surface area contributed by atoms with Crippen molar-refractivity contribution in [1.82, 2.24) is 10.2 Å². The molecule has 120 valence electrons. The highest BCUT2D eigenvalue weighted by molar-refractivity contribution is 5.53. The Morgan fingerprint density at radius 2 is 1.50 bits per heavy atom. The molecule has 4 heteroatoms. The second-order valence-corrected chi connectivity index (χ2v) is 5.77. The van der Waals surface area contributed by atoms with Crippen LogP contribution in [0, 0.1) is 0 Å². The van der Waals surface area contributed by atoms with Crippen molar-refractivity contribution in [3.05, 3.63) is 30.2 Å². The van der Waals surface area contributed by atoms with Crippen LogP contribution < -0.4 is 0 Å². The van der Waals surface area contributed by atoms with Gasteiger partial charge in [0.05, 0.1) is 0 Å². The van der Waals surface area contributed by atoms with Crippen molar-refractivity contribution >= 4 is 0 Å². The van der Waals surface area contributed by atoms with Crippen molar-refractivity contribution < 1.29 is 9.52 Å². The highest BCUT2D eigenvalue weighted by Gasteiger charge is 2.08. The van der Waals surface area contributed by atoms with Gasteiger partial charge in [-0.05, 0) is 30.7 Å². The first-order valence-corrected chi connectivity index (χ1v) is 8.41. The molecule has 2 aromatic rings. The van der Waals surface area contributed by atoms with Gasteiger partial charge in [-0.25, -0.2) is 0 Å². The van der Waals surface area contributed by atoms with Gasteiger partial charge in [0.2, 0.25) is 11.8 Å². The van der Waals surface area contributed by atoms with E-state index in [1.807, 2.05) is 0 Å². The van der Waals surface area contributed by atoms with Crippen LogP contribution in [0.4, 0.5) is 0 Å². The number of phenolic OH excluding ortho intramolecular Hbond substituents is 1. The summed E-state index contributed by atoms with van der Waals surface area (Å²) in [4.78, 5) is 0. The highest BCUT2D eigenvalue weighted by atomic mass is 16.4. The van der Waals surface area contributed by atoms with Gasteiger partial charge in [0.25, 0.3) is 0 Å². The minimum absolute atomic E-state index is 0.238. The molecule has 1 heterocycles. The first-order valence-electron chi connectivity index (χ1n) is 8.41. The molecule has 1 N–H and O–H groups in total. The standard InChI is InChI=1S/C18H26N2O2/c1-2-3-4-5-6-7-8-9-10-17-19-20-18(22-17)15-11-13-16(21)14-12-15/h11-14,21H,2-10H2,1H3. The van der Waals surface area contributed by atoms with E-state index in [1.165, 1.54) is 44.9 Å². The Balaban J connectivity index is 1.66. The lowest BCUT2D eigenvalue weighted by atomic mass is 10.1. The van der Waals surface area contributed by atoms with Crippen LogP contribution in [0.15, 0.2) is 28.7 Å². The number of aromatic nitrogens is 2. The average molecular weight is 302 g/mol. The Kier molecular flexibility index (Phi) is 6.94. The third kappa shape index (κ3) is 5.51. The van der Waals surface area contributed by atoms with Crippen molar-refractivity contribution in [3.8, 4) is 17.2 Å². The summed E-state index contributed by atoms with van der Waals surface area (Å²) in [6.45, 7) is 2.25. The summed E-state index contributed by atoms with van der Waals surface area (Å²) >= 11 is 0. The molecule has 1 aromatic carbocycles. The van der Waals surface area contributed by atoms with Crippen LogP contribution in [0.5, 0.6) is 5.75 Å². The molecule has 0 fully saturated rings. The smallest absolute Gasteiger partial charge is 0.247 e. The van der Waals surface area contributed by atoms with Crippen LogP contribution in [0.3, 0.4) is 0 Å². The minimum atomic E-state index is 0.238. The van der Waals surface area contributed by atoms with Gasteiger partial charge in [0.15, 0.2) is 0 Å². The largest absolute Gasteiger partial charge is 0.508 e. The Morgan fingerprint density at radius 3 is 2.18 bits per heavy atom. The average Bonchev–Trinajstić information content (AvgIpc) is 2.99. The summed E-state index contributed by atoms with van der Waals surface area (Å²) in [6.07, 6.45) is 11.2. The van der Waals surface area contributed by atoms with Crippen LogP contribution in [0.25, 0.3) is 11.5 Å². The zero-order valence-electron chi connectivity index (χ0n) is 13.4. The molecular formula is C18H26N2O2. The number of aryl methyl sites for hydroxylation is 1. The second-order valence-electron chi connectivity index (χ2n) is 5.77. The Morgan fingerprint density at radius 1 is 0.864 bits per heavy atom. The summed E-state index contributed by atoms with van der Waals surface area (Å²) in [5, 5.41) is 17.4. The van der Waals surface area contributed by atoms with E-state index in [0.717, 1.165) is 18.4 Å². The molecule has 0 saturated heterocycles. The van der Waals surface area contributed by atoms with E-state index in [-0.39, 0.29) is 5.75 Å². The Labute approximate surface area is 132 Å². The van der Waals surface area contributed by atoms with Gasteiger partial charge in [0.1, 0.15) is 5.75 Å². The molecule has 0 unspecified atom stereocenters. The number of nitrogens with zero attached hydrogens (tertiary/aromatic N) is 2. The molecule has 0 spiro atoms. The molecule has 0 radical (unpaired) electrons.